The highest BCUT2D eigenvalue weighted by Crippen LogP contribution is 2.13. The molecule has 0 aromatic carbocycles. The van der Waals surface area contributed by atoms with Crippen molar-refractivity contribution in [1.82, 2.24) is 9.55 Å². The van der Waals surface area contributed by atoms with Gasteiger partial charge in [0.05, 0.1) is 5.88 Å². The van der Waals surface area contributed by atoms with Crippen molar-refractivity contribution in [2.75, 3.05) is 0 Å². The fourth-order valence-electron chi connectivity index (χ4n) is 1.05. The zero-order valence-electron chi connectivity index (χ0n) is 7.33. The van der Waals surface area contributed by atoms with Crippen LogP contribution in [0.1, 0.15) is 32.1 Å². The fourth-order valence-corrected chi connectivity index (χ4v) is 1.25. The lowest BCUT2D eigenvalue weighted by Gasteiger charge is -2.12. The molecule has 0 aliphatic rings. The van der Waals surface area contributed by atoms with Crippen molar-refractivity contribution in [1.29, 1.82) is 0 Å². The monoisotopic (exact) mass is 208 g/mol. The van der Waals surface area contributed by atoms with Gasteiger partial charge in [-0.15, -0.1) is 24.0 Å². The van der Waals surface area contributed by atoms with Crippen LogP contribution in [0, 0.1) is 0 Å². The minimum absolute atomic E-state index is 0. The van der Waals surface area contributed by atoms with E-state index in [1.54, 1.807) is 6.20 Å². The van der Waals surface area contributed by atoms with Gasteiger partial charge >= 0.3 is 0 Å². The summed E-state index contributed by atoms with van der Waals surface area (Å²) in [5.41, 5.74) is 0. The molecule has 1 rings (SSSR count). The fraction of sp³-hybridized carbons (Fsp3) is 0.625. The topological polar surface area (TPSA) is 17.8 Å². The Hall–Kier alpha value is -0.210. The van der Waals surface area contributed by atoms with E-state index in [1.165, 1.54) is 0 Å². The predicted molar refractivity (Wildman–Crippen MR) is 54.0 cm³/mol. The smallest absolute Gasteiger partial charge is 0.123 e. The molecule has 0 fully saturated rings. The standard InChI is InChI=1S/C8H13ClN2.ClH/c1-3-7(2)11-5-4-10-8(11)6-9;/h4-5,7H,3,6H2,1-2H3;1H. The third-order valence-electron chi connectivity index (χ3n) is 1.93. The van der Waals surface area contributed by atoms with Crippen LogP contribution in [-0.2, 0) is 5.88 Å². The largest absolute Gasteiger partial charge is 0.331 e. The molecular formula is C8H14Cl2N2. The van der Waals surface area contributed by atoms with Crippen molar-refractivity contribution in [3.63, 3.8) is 0 Å². The first-order valence-electron chi connectivity index (χ1n) is 3.87. The number of halogens is 2. The van der Waals surface area contributed by atoms with Crippen molar-refractivity contribution in [3.8, 4) is 0 Å². The molecule has 0 amide bonds. The van der Waals surface area contributed by atoms with Crippen LogP contribution in [0.15, 0.2) is 12.4 Å². The summed E-state index contributed by atoms with van der Waals surface area (Å²) in [4.78, 5) is 4.13. The van der Waals surface area contributed by atoms with Crippen molar-refractivity contribution in [2.24, 2.45) is 0 Å². The van der Waals surface area contributed by atoms with E-state index in [4.69, 9.17) is 11.6 Å². The van der Waals surface area contributed by atoms with Gasteiger partial charge in [0.15, 0.2) is 0 Å². The molecular weight excluding hydrogens is 195 g/mol. The molecule has 0 N–H and O–H groups in total. The maximum atomic E-state index is 5.69. The molecule has 2 nitrogen and oxygen atoms in total. The first kappa shape index (κ1) is 11.8. The third-order valence-corrected chi connectivity index (χ3v) is 2.17. The molecule has 0 saturated heterocycles. The first-order chi connectivity index (χ1) is 5.29. The number of imidazole rings is 1. The lowest BCUT2D eigenvalue weighted by molar-refractivity contribution is 0.516. The molecule has 0 bridgehead atoms. The number of alkyl halides is 1. The molecule has 1 unspecified atom stereocenters. The van der Waals surface area contributed by atoms with Gasteiger partial charge < -0.3 is 4.57 Å². The van der Waals surface area contributed by atoms with Crippen LogP contribution in [0.2, 0.25) is 0 Å². The summed E-state index contributed by atoms with van der Waals surface area (Å²) in [5.74, 6) is 1.46. The van der Waals surface area contributed by atoms with E-state index >= 15 is 0 Å². The Morgan fingerprint density at radius 3 is 2.83 bits per heavy atom. The number of hydrogen-bond donors (Lipinski definition) is 0. The van der Waals surface area contributed by atoms with E-state index < -0.39 is 0 Å². The number of hydrogen-bond acceptors (Lipinski definition) is 1. The Morgan fingerprint density at radius 1 is 1.67 bits per heavy atom. The van der Waals surface area contributed by atoms with Crippen molar-refractivity contribution < 1.29 is 0 Å². The maximum absolute atomic E-state index is 5.69. The Kier molecular flexibility index (Phi) is 5.34. The molecule has 1 atom stereocenters. The predicted octanol–water partition coefficient (Wildman–Crippen LogP) is 3.01. The van der Waals surface area contributed by atoms with E-state index in [9.17, 15) is 0 Å². The highest BCUT2D eigenvalue weighted by molar-refractivity contribution is 6.16. The van der Waals surface area contributed by atoms with Gasteiger partial charge in [-0.25, -0.2) is 4.98 Å². The van der Waals surface area contributed by atoms with Crippen LogP contribution in [0.3, 0.4) is 0 Å². The van der Waals surface area contributed by atoms with Crippen molar-refractivity contribution in [2.45, 2.75) is 32.2 Å². The normalized spacial score (nSPS) is 12.2. The van der Waals surface area contributed by atoms with Gasteiger partial charge in [0.2, 0.25) is 0 Å². The average molecular weight is 209 g/mol. The SMILES string of the molecule is CCC(C)n1ccnc1CCl.Cl. The molecule has 0 saturated carbocycles. The summed E-state index contributed by atoms with van der Waals surface area (Å²) in [7, 11) is 0. The molecule has 0 spiro atoms. The quantitative estimate of drug-likeness (QED) is 0.699. The Balaban J connectivity index is 0.00000121. The van der Waals surface area contributed by atoms with E-state index in [2.05, 4.69) is 23.4 Å². The van der Waals surface area contributed by atoms with Gasteiger partial charge in [0.1, 0.15) is 5.82 Å². The minimum Gasteiger partial charge on any atom is -0.331 e. The van der Waals surface area contributed by atoms with Gasteiger partial charge in [0.25, 0.3) is 0 Å². The Bertz CT molecular complexity index is 223. The summed E-state index contributed by atoms with van der Waals surface area (Å²) in [5, 5.41) is 0. The summed E-state index contributed by atoms with van der Waals surface area (Å²) in [6, 6.07) is 0.506. The highest BCUT2D eigenvalue weighted by Gasteiger charge is 2.05. The number of rotatable bonds is 3. The average Bonchev–Trinajstić information content (AvgIpc) is 2.50. The van der Waals surface area contributed by atoms with E-state index in [-0.39, 0.29) is 12.4 Å². The lowest BCUT2D eigenvalue weighted by Crippen LogP contribution is -2.05. The Morgan fingerprint density at radius 2 is 2.33 bits per heavy atom. The third kappa shape index (κ3) is 2.39. The van der Waals surface area contributed by atoms with Crippen LogP contribution in [0.4, 0.5) is 0 Å². The highest BCUT2D eigenvalue weighted by atomic mass is 35.5. The summed E-state index contributed by atoms with van der Waals surface area (Å²) >= 11 is 5.69. The van der Waals surface area contributed by atoms with Crippen LogP contribution >= 0.6 is 24.0 Å². The molecule has 0 aliphatic heterocycles. The van der Waals surface area contributed by atoms with Crippen LogP contribution < -0.4 is 0 Å². The van der Waals surface area contributed by atoms with Crippen molar-refractivity contribution >= 4 is 24.0 Å². The first-order valence-corrected chi connectivity index (χ1v) is 4.40. The Labute approximate surface area is 84.4 Å². The van der Waals surface area contributed by atoms with Gasteiger partial charge in [0, 0.05) is 18.4 Å². The molecule has 12 heavy (non-hydrogen) atoms. The van der Waals surface area contributed by atoms with Gasteiger partial charge in [-0.2, -0.15) is 0 Å². The molecule has 4 heteroatoms. The molecule has 0 radical (unpaired) electrons. The van der Waals surface area contributed by atoms with Crippen LogP contribution in [0.5, 0.6) is 0 Å². The lowest BCUT2D eigenvalue weighted by atomic mass is 10.2. The number of aromatic nitrogens is 2. The zero-order valence-corrected chi connectivity index (χ0v) is 8.90. The van der Waals surface area contributed by atoms with E-state index in [0.29, 0.717) is 11.9 Å². The summed E-state index contributed by atoms with van der Waals surface area (Å²) in [6.07, 6.45) is 4.88. The second-order valence-electron chi connectivity index (χ2n) is 2.64. The molecule has 1 aromatic heterocycles. The van der Waals surface area contributed by atoms with Gasteiger partial charge in [-0.3, -0.25) is 0 Å². The molecule has 1 heterocycles. The second-order valence-corrected chi connectivity index (χ2v) is 2.91. The van der Waals surface area contributed by atoms with Crippen LogP contribution in [0.25, 0.3) is 0 Å². The van der Waals surface area contributed by atoms with Crippen molar-refractivity contribution in [3.05, 3.63) is 18.2 Å². The van der Waals surface area contributed by atoms with E-state index in [0.717, 1.165) is 12.2 Å². The number of nitrogens with zero attached hydrogens (tertiary/aromatic N) is 2. The molecule has 70 valence electrons. The van der Waals surface area contributed by atoms with Crippen LogP contribution in [-0.4, -0.2) is 9.55 Å². The second kappa shape index (κ2) is 5.44. The minimum atomic E-state index is 0. The zero-order chi connectivity index (χ0) is 8.27. The van der Waals surface area contributed by atoms with Gasteiger partial charge in [-0.1, -0.05) is 6.92 Å². The van der Waals surface area contributed by atoms with Gasteiger partial charge in [-0.05, 0) is 13.3 Å². The van der Waals surface area contributed by atoms with E-state index in [1.807, 2.05) is 6.20 Å². The molecule has 1 aromatic rings. The molecule has 0 aliphatic carbocycles. The maximum Gasteiger partial charge on any atom is 0.123 e. The summed E-state index contributed by atoms with van der Waals surface area (Å²) in [6.45, 7) is 4.32. The summed E-state index contributed by atoms with van der Waals surface area (Å²) < 4.78 is 2.12.